The van der Waals surface area contributed by atoms with Crippen molar-refractivity contribution in [2.24, 2.45) is 28.6 Å². The lowest BCUT2D eigenvalue weighted by Gasteiger charge is -2.58. The zero-order chi connectivity index (χ0) is 18.2. The molecule has 4 aliphatic carbocycles. The van der Waals surface area contributed by atoms with Crippen LogP contribution in [0.5, 0.6) is 0 Å². The molecule has 0 bridgehead atoms. The first kappa shape index (κ1) is 17.7. The molecular formula is C23H36FNO. The molecule has 0 aromatic rings. The topological polar surface area (TPSA) is 23.5 Å². The summed E-state index contributed by atoms with van der Waals surface area (Å²) in [5.41, 5.74) is 1.54. The van der Waals surface area contributed by atoms with Gasteiger partial charge < -0.3 is 10.0 Å². The number of rotatable bonds is 1. The molecule has 7 atom stereocenters. The lowest BCUT2D eigenvalue weighted by atomic mass is 9.47. The SMILES string of the molecule is C[C@]12CCC(N3CCCC3)CC1=CC[C@@H]1[C@H]2CC[C@@]2(C)[C@H]1CCC2(O)F. The van der Waals surface area contributed by atoms with E-state index in [0.29, 0.717) is 29.6 Å². The van der Waals surface area contributed by atoms with Gasteiger partial charge in [-0.2, -0.15) is 0 Å². The van der Waals surface area contributed by atoms with Gasteiger partial charge in [-0.05, 0) is 94.0 Å². The summed E-state index contributed by atoms with van der Waals surface area (Å²) in [5, 5.41) is 10.4. The number of halogens is 1. The van der Waals surface area contributed by atoms with E-state index in [4.69, 9.17) is 0 Å². The summed E-state index contributed by atoms with van der Waals surface area (Å²) in [6.45, 7) is 7.16. The molecular weight excluding hydrogens is 325 g/mol. The molecule has 5 rings (SSSR count). The Kier molecular flexibility index (Phi) is 3.94. The lowest BCUT2D eigenvalue weighted by Crippen LogP contribution is -2.54. The normalized spacial score (nSPS) is 54.4. The quantitative estimate of drug-likeness (QED) is 0.659. The van der Waals surface area contributed by atoms with Gasteiger partial charge in [0, 0.05) is 17.9 Å². The molecule has 146 valence electrons. The van der Waals surface area contributed by atoms with Crippen LogP contribution >= 0.6 is 0 Å². The van der Waals surface area contributed by atoms with Crippen LogP contribution in [0.1, 0.15) is 78.1 Å². The standard InChI is InChI=1S/C23H36FNO/c1-21-10-7-17(25-13-3-4-14-25)15-16(21)5-6-18-19(21)8-11-22(2)20(18)9-12-23(22,24)26/h5,17-20,26H,3-4,6-15H2,1-2H3/t17?,18-,19-,20+,21+,22+,23?/m1/s1. The molecule has 2 unspecified atom stereocenters. The van der Waals surface area contributed by atoms with Crippen molar-refractivity contribution in [3.05, 3.63) is 11.6 Å². The maximum Gasteiger partial charge on any atom is 0.212 e. The van der Waals surface area contributed by atoms with Crippen molar-refractivity contribution in [3.8, 4) is 0 Å². The maximum absolute atomic E-state index is 14.9. The number of allylic oxidation sites excluding steroid dienone is 1. The van der Waals surface area contributed by atoms with E-state index in [1.54, 1.807) is 5.57 Å². The number of aliphatic hydroxyl groups is 1. The molecule has 4 fully saturated rings. The van der Waals surface area contributed by atoms with E-state index >= 15 is 0 Å². The van der Waals surface area contributed by atoms with Crippen LogP contribution in [-0.2, 0) is 0 Å². The Morgan fingerprint density at radius 3 is 2.54 bits per heavy atom. The molecule has 0 amide bonds. The van der Waals surface area contributed by atoms with Gasteiger partial charge in [0.05, 0.1) is 0 Å². The first-order valence-corrected chi connectivity index (χ1v) is 11.2. The summed E-state index contributed by atoms with van der Waals surface area (Å²) in [4.78, 5) is 2.74. The molecule has 5 aliphatic rings. The van der Waals surface area contributed by atoms with Gasteiger partial charge in [0.15, 0.2) is 0 Å². The summed E-state index contributed by atoms with van der Waals surface area (Å²) in [5.74, 6) is -0.298. The summed E-state index contributed by atoms with van der Waals surface area (Å²) in [7, 11) is 0. The molecule has 1 aliphatic heterocycles. The average Bonchev–Trinajstić information content (AvgIpc) is 3.21. The molecule has 1 saturated heterocycles. The summed E-state index contributed by atoms with van der Waals surface area (Å²) >= 11 is 0. The van der Waals surface area contributed by atoms with E-state index in [1.165, 1.54) is 45.2 Å². The van der Waals surface area contributed by atoms with E-state index in [-0.39, 0.29) is 0 Å². The maximum atomic E-state index is 14.9. The Morgan fingerprint density at radius 2 is 1.77 bits per heavy atom. The van der Waals surface area contributed by atoms with Crippen molar-refractivity contribution in [1.82, 2.24) is 4.90 Å². The second kappa shape index (κ2) is 5.80. The molecule has 0 aromatic carbocycles. The molecule has 26 heavy (non-hydrogen) atoms. The highest BCUT2D eigenvalue weighted by Gasteiger charge is 2.64. The Morgan fingerprint density at radius 1 is 1.04 bits per heavy atom. The van der Waals surface area contributed by atoms with Gasteiger partial charge >= 0.3 is 0 Å². The lowest BCUT2D eigenvalue weighted by molar-refractivity contribution is -0.197. The van der Waals surface area contributed by atoms with Crippen molar-refractivity contribution in [2.45, 2.75) is 90.0 Å². The van der Waals surface area contributed by atoms with Gasteiger partial charge in [0.25, 0.3) is 0 Å². The van der Waals surface area contributed by atoms with Gasteiger partial charge in [-0.25, -0.2) is 4.39 Å². The van der Waals surface area contributed by atoms with Crippen molar-refractivity contribution >= 4 is 0 Å². The number of likely N-dealkylation sites (tertiary alicyclic amines) is 1. The van der Waals surface area contributed by atoms with E-state index in [1.807, 2.05) is 6.92 Å². The molecule has 3 saturated carbocycles. The summed E-state index contributed by atoms with van der Waals surface area (Å²) < 4.78 is 14.9. The Balaban J connectivity index is 1.41. The fraction of sp³-hybridized carbons (Fsp3) is 0.913. The average molecular weight is 362 g/mol. The Hall–Kier alpha value is -0.410. The largest absolute Gasteiger partial charge is 0.361 e. The molecule has 2 nitrogen and oxygen atoms in total. The third kappa shape index (κ3) is 2.28. The van der Waals surface area contributed by atoms with Crippen LogP contribution in [0, 0.1) is 28.6 Å². The number of alkyl halides is 1. The second-order valence-electron chi connectivity index (χ2n) is 10.7. The van der Waals surface area contributed by atoms with Gasteiger partial charge in [0.2, 0.25) is 5.85 Å². The molecule has 0 radical (unpaired) electrons. The van der Waals surface area contributed by atoms with Crippen molar-refractivity contribution in [2.75, 3.05) is 13.1 Å². The third-order valence-corrected chi connectivity index (χ3v) is 9.79. The fourth-order valence-electron chi connectivity index (χ4n) is 8.02. The van der Waals surface area contributed by atoms with Gasteiger partial charge in [-0.15, -0.1) is 0 Å². The van der Waals surface area contributed by atoms with Crippen molar-refractivity contribution in [3.63, 3.8) is 0 Å². The first-order chi connectivity index (χ1) is 12.4. The zero-order valence-electron chi connectivity index (χ0n) is 16.6. The molecule has 0 spiro atoms. The fourth-order valence-corrected chi connectivity index (χ4v) is 8.02. The van der Waals surface area contributed by atoms with Gasteiger partial charge in [-0.1, -0.05) is 25.5 Å². The Labute approximate surface area is 158 Å². The smallest absolute Gasteiger partial charge is 0.212 e. The summed E-state index contributed by atoms with van der Waals surface area (Å²) in [6, 6.07) is 0.768. The van der Waals surface area contributed by atoms with E-state index in [9.17, 15) is 9.50 Å². The van der Waals surface area contributed by atoms with Gasteiger partial charge in [-0.3, -0.25) is 0 Å². The number of hydrogen-bond acceptors (Lipinski definition) is 2. The van der Waals surface area contributed by atoms with Crippen LogP contribution in [0.15, 0.2) is 11.6 Å². The van der Waals surface area contributed by atoms with Crippen LogP contribution < -0.4 is 0 Å². The number of fused-ring (bicyclic) bond motifs is 5. The monoisotopic (exact) mass is 361 g/mol. The van der Waals surface area contributed by atoms with Crippen LogP contribution in [0.3, 0.4) is 0 Å². The highest BCUT2D eigenvalue weighted by molar-refractivity contribution is 5.26. The van der Waals surface area contributed by atoms with Crippen LogP contribution in [0.25, 0.3) is 0 Å². The van der Waals surface area contributed by atoms with Crippen molar-refractivity contribution in [1.29, 1.82) is 0 Å². The molecule has 0 aromatic heterocycles. The van der Waals surface area contributed by atoms with Gasteiger partial charge in [0.1, 0.15) is 0 Å². The highest BCUT2D eigenvalue weighted by atomic mass is 19.2. The molecule has 3 heteroatoms. The van der Waals surface area contributed by atoms with Crippen LogP contribution in [-0.4, -0.2) is 35.0 Å². The second-order valence-corrected chi connectivity index (χ2v) is 10.7. The molecule has 1 heterocycles. The minimum atomic E-state index is -1.94. The first-order valence-electron chi connectivity index (χ1n) is 11.2. The minimum absolute atomic E-state index is 0.331. The molecule has 1 N–H and O–H groups in total. The number of hydrogen-bond donors (Lipinski definition) is 1. The van der Waals surface area contributed by atoms with E-state index < -0.39 is 11.3 Å². The highest BCUT2D eigenvalue weighted by Crippen LogP contribution is 2.67. The van der Waals surface area contributed by atoms with Crippen LogP contribution in [0.2, 0.25) is 0 Å². The predicted molar refractivity (Wildman–Crippen MR) is 102 cm³/mol. The van der Waals surface area contributed by atoms with Crippen molar-refractivity contribution < 1.29 is 9.50 Å². The number of nitrogens with zero attached hydrogens (tertiary/aromatic N) is 1. The van der Waals surface area contributed by atoms with E-state index in [2.05, 4.69) is 17.9 Å². The third-order valence-electron chi connectivity index (χ3n) is 9.79. The minimum Gasteiger partial charge on any atom is -0.361 e. The Bertz CT molecular complexity index is 609. The predicted octanol–water partition coefficient (Wildman–Crippen LogP) is 5.07. The zero-order valence-corrected chi connectivity index (χ0v) is 16.6. The summed E-state index contributed by atoms with van der Waals surface area (Å²) in [6.07, 6.45) is 13.6. The van der Waals surface area contributed by atoms with Crippen LogP contribution in [0.4, 0.5) is 4.39 Å². The van der Waals surface area contributed by atoms with E-state index in [0.717, 1.165) is 31.7 Å².